The molecule has 1 aromatic heterocycles. The second-order valence-corrected chi connectivity index (χ2v) is 3.67. The average molecular weight is 201 g/mol. The lowest BCUT2D eigenvalue weighted by Gasteiger charge is -2.07. The summed E-state index contributed by atoms with van der Waals surface area (Å²) in [5.74, 6) is 6.07. The van der Waals surface area contributed by atoms with Gasteiger partial charge >= 0.3 is 0 Å². The Kier molecular flexibility index (Phi) is 2.56. The summed E-state index contributed by atoms with van der Waals surface area (Å²) in [4.78, 5) is 4.39. The number of hydrogen-bond donors (Lipinski definition) is 2. The van der Waals surface area contributed by atoms with Crippen molar-refractivity contribution in [3.63, 3.8) is 0 Å². The van der Waals surface area contributed by atoms with Crippen LogP contribution in [-0.4, -0.2) is 4.98 Å². The lowest BCUT2D eigenvalue weighted by Crippen LogP contribution is -2.08. The Morgan fingerprint density at radius 1 is 1.33 bits per heavy atom. The summed E-state index contributed by atoms with van der Waals surface area (Å²) in [5, 5.41) is 1.20. The van der Waals surface area contributed by atoms with Gasteiger partial charge in [-0.15, -0.1) is 0 Å². The molecule has 1 aromatic carbocycles. The maximum atomic E-state index is 5.35. The van der Waals surface area contributed by atoms with E-state index in [-0.39, 0.29) is 0 Å². The molecule has 0 atom stereocenters. The Morgan fingerprint density at radius 3 is 2.80 bits per heavy atom. The largest absolute Gasteiger partial charge is 0.308 e. The van der Waals surface area contributed by atoms with Crippen LogP contribution in [0.1, 0.15) is 18.1 Å². The van der Waals surface area contributed by atoms with Gasteiger partial charge in [0.15, 0.2) is 0 Å². The molecule has 0 fully saturated rings. The number of hydrazine groups is 1. The zero-order chi connectivity index (χ0) is 10.8. The normalized spacial score (nSPS) is 10.6. The van der Waals surface area contributed by atoms with Gasteiger partial charge in [0.1, 0.15) is 5.82 Å². The molecule has 0 aliphatic carbocycles. The zero-order valence-corrected chi connectivity index (χ0v) is 9.04. The first kappa shape index (κ1) is 9.93. The maximum absolute atomic E-state index is 5.35. The first-order valence-corrected chi connectivity index (χ1v) is 5.11. The molecule has 0 saturated carbocycles. The molecule has 2 rings (SSSR count). The van der Waals surface area contributed by atoms with Gasteiger partial charge in [-0.25, -0.2) is 10.8 Å². The maximum Gasteiger partial charge on any atom is 0.140 e. The molecule has 0 unspecified atom stereocenters. The molecule has 0 aliphatic heterocycles. The summed E-state index contributed by atoms with van der Waals surface area (Å²) in [7, 11) is 0. The van der Waals surface area contributed by atoms with Crippen LogP contribution in [-0.2, 0) is 6.42 Å². The van der Waals surface area contributed by atoms with Crippen molar-refractivity contribution in [3.05, 3.63) is 35.4 Å². The van der Waals surface area contributed by atoms with Gasteiger partial charge < -0.3 is 5.43 Å². The Hall–Kier alpha value is -1.61. The number of nitrogens with zero attached hydrogens (tertiary/aromatic N) is 1. The van der Waals surface area contributed by atoms with Crippen LogP contribution in [0.5, 0.6) is 0 Å². The molecule has 0 bridgehead atoms. The number of nitrogens with two attached hydrogens (primary N) is 1. The molecule has 0 spiro atoms. The molecule has 0 saturated heterocycles. The fourth-order valence-corrected chi connectivity index (χ4v) is 1.74. The molecule has 3 N–H and O–H groups in total. The van der Waals surface area contributed by atoms with Gasteiger partial charge in [-0.05, 0) is 42.7 Å². The second kappa shape index (κ2) is 3.87. The van der Waals surface area contributed by atoms with Crippen LogP contribution in [0.15, 0.2) is 24.3 Å². The van der Waals surface area contributed by atoms with Crippen molar-refractivity contribution in [1.82, 2.24) is 4.98 Å². The number of nitrogens with one attached hydrogen (secondary N) is 1. The van der Waals surface area contributed by atoms with Gasteiger partial charge in [-0.1, -0.05) is 13.0 Å². The Morgan fingerprint density at radius 2 is 2.13 bits per heavy atom. The van der Waals surface area contributed by atoms with Crippen molar-refractivity contribution in [3.8, 4) is 0 Å². The topological polar surface area (TPSA) is 50.9 Å². The highest BCUT2D eigenvalue weighted by Crippen LogP contribution is 2.21. The number of anilines is 1. The Balaban J connectivity index is 2.68. The summed E-state index contributed by atoms with van der Waals surface area (Å²) in [5.41, 5.74) is 6.10. The number of fused-ring (bicyclic) bond motifs is 1. The lowest BCUT2D eigenvalue weighted by atomic mass is 10.1. The molecule has 3 nitrogen and oxygen atoms in total. The van der Waals surface area contributed by atoms with Crippen LogP contribution in [0.2, 0.25) is 0 Å². The first-order chi connectivity index (χ1) is 7.24. The van der Waals surface area contributed by atoms with E-state index in [1.165, 1.54) is 16.5 Å². The Labute approximate surface area is 89.3 Å². The highest BCUT2D eigenvalue weighted by Gasteiger charge is 2.02. The molecular formula is C12H15N3. The molecule has 3 heteroatoms. The number of aromatic nitrogens is 1. The van der Waals surface area contributed by atoms with E-state index in [9.17, 15) is 0 Å². The molecule has 0 aliphatic rings. The third-order valence-electron chi connectivity index (χ3n) is 2.64. The fraction of sp³-hybridized carbons (Fsp3) is 0.250. The molecule has 15 heavy (non-hydrogen) atoms. The van der Waals surface area contributed by atoms with Crippen molar-refractivity contribution in [2.24, 2.45) is 5.84 Å². The fourth-order valence-electron chi connectivity index (χ4n) is 1.74. The molecule has 2 aromatic rings. The Bertz CT molecular complexity index is 491. The number of rotatable bonds is 2. The number of hydrogen-bond acceptors (Lipinski definition) is 3. The number of nitrogen functional groups attached to an aromatic ring is 1. The third kappa shape index (κ3) is 1.78. The van der Waals surface area contributed by atoms with E-state index < -0.39 is 0 Å². The molecule has 0 amide bonds. The quantitative estimate of drug-likeness (QED) is 0.579. The third-order valence-corrected chi connectivity index (χ3v) is 2.64. The van der Waals surface area contributed by atoms with E-state index in [0.717, 1.165) is 11.9 Å². The van der Waals surface area contributed by atoms with Gasteiger partial charge in [0.2, 0.25) is 0 Å². The van der Waals surface area contributed by atoms with Gasteiger partial charge in [-0.2, -0.15) is 0 Å². The standard InChI is InChI=1S/C12H15N3/c1-3-9-4-5-11-10(7-9)8(2)6-12(14-11)15-13/h4-7H,3,13H2,1-2H3,(H,14,15). The van der Waals surface area contributed by atoms with Gasteiger partial charge in [-0.3, -0.25) is 0 Å². The minimum absolute atomic E-state index is 0.712. The van der Waals surface area contributed by atoms with Crippen LogP contribution in [0.4, 0.5) is 5.82 Å². The molecule has 1 heterocycles. The smallest absolute Gasteiger partial charge is 0.140 e. The minimum Gasteiger partial charge on any atom is -0.308 e. The predicted molar refractivity (Wildman–Crippen MR) is 63.7 cm³/mol. The van der Waals surface area contributed by atoms with E-state index >= 15 is 0 Å². The summed E-state index contributed by atoms with van der Waals surface area (Å²) < 4.78 is 0. The zero-order valence-electron chi connectivity index (χ0n) is 9.04. The molecule has 78 valence electrons. The van der Waals surface area contributed by atoms with Gasteiger partial charge in [0.25, 0.3) is 0 Å². The van der Waals surface area contributed by atoms with Crippen LogP contribution < -0.4 is 11.3 Å². The number of benzene rings is 1. The second-order valence-electron chi connectivity index (χ2n) is 3.67. The molecular weight excluding hydrogens is 186 g/mol. The van der Waals surface area contributed by atoms with E-state index in [2.05, 4.69) is 36.4 Å². The van der Waals surface area contributed by atoms with Gasteiger partial charge in [0.05, 0.1) is 5.52 Å². The lowest BCUT2D eigenvalue weighted by molar-refractivity contribution is 1.14. The van der Waals surface area contributed by atoms with E-state index in [0.29, 0.717) is 5.82 Å². The van der Waals surface area contributed by atoms with Crippen molar-refractivity contribution < 1.29 is 0 Å². The van der Waals surface area contributed by atoms with E-state index in [1.807, 2.05) is 12.1 Å². The number of aryl methyl sites for hydroxylation is 2. The van der Waals surface area contributed by atoms with Crippen molar-refractivity contribution in [2.45, 2.75) is 20.3 Å². The van der Waals surface area contributed by atoms with Crippen LogP contribution >= 0.6 is 0 Å². The van der Waals surface area contributed by atoms with Crippen LogP contribution in [0, 0.1) is 6.92 Å². The van der Waals surface area contributed by atoms with Crippen molar-refractivity contribution >= 4 is 16.7 Å². The van der Waals surface area contributed by atoms with E-state index in [1.54, 1.807) is 0 Å². The highest BCUT2D eigenvalue weighted by atomic mass is 15.2. The summed E-state index contributed by atoms with van der Waals surface area (Å²) >= 11 is 0. The number of pyridine rings is 1. The predicted octanol–water partition coefficient (Wildman–Crippen LogP) is 2.39. The van der Waals surface area contributed by atoms with Crippen LogP contribution in [0.3, 0.4) is 0 Å². The SMILES string of the molecule is CCc1ccc2nc(NN)cc(C)c2c1. The highest BCUT2D eigenvalue weighted by molar-refractivity contribution is 5.84. The monoisotopic (exact) mass is 201 g/mol. The molecule has 0 radical (unpaired) electrons. The van der Waals surface area contributed by atoms with Crippen molar-refractivity contribution in [2.75, 3.05) is 5.43 Å². The van der Waals surface area contributed by atoms with Crippen LogP contribution in [0.25, 0.3) is 10.9 Å². The minimum atomic E-state index is 0.712. The summed E-state index contributed by atoms with van der Waals surface area (Å²) in [6.07, 6.45) is 1.05. The van der Waals surface area contributed by atoms with Gasteiger partial charge in [0, 0.05) is 5.39 Å². The first-order valence-electron chi connectivity index (χ1n) is 5.11. The summed E-state index contributed by atoms with van der Waals surface area (Å²) in [6.45, 7) is 4.23. The average Bonchev–Trinajstić information content (AvgIpc) is 2.28. The van der Waals surface area contributed by atoms with Crippen molar-refractivity contribution in [1.29, 1.82) is 0 Å². The summed E-state index contributed by atoms with van der Waals surface area (Å²) in [6, 6.07) is 8.30. The van der Waals surface area contributed by atoms with E-state index in [4.69, 9.17) is 5.84 Å².